The number of fused-ring (bicyclic) bond motifs is 4. The van der Waals surface area contributed by atoms with Crippen molar-refractivity contribution in [2.24, 2.45) is 0 Å². The van der Waals surface area contributed by atoms with Crippen LogP contribution in [-0.2, 0) is 38.0 Å². The summed E-state index contributed by atoms with van der Waals surface area (Å²) in [7, 11) is 0. The average Bonchev–Trinajstić information content (AvgIpc) is 3.62. The zero-order valence-corrected chi connectivity index (χ0v) is 38.8. The molecule has 2 bridgehead atoms. The molecule has 3 aromatic carbocycles. The van der Waals surface area contributed by atoms with Gasteiger partial charge in [-0.1, -0.05) is 72.4 Å². The van der Waals surface area contributed by atoms with Crippen LogP contribution in [0.15, 0.2) is 42.6 Å². The zero-order valence-electron chi connectivity index (χ0n) is 37.3. The summed E-state index contributed by atoms with van der Waals surface area (Å²) < 4.78 is 28.7. The first-order valence-electron chi connectivity index (χ1n) is 22.1. The fourth-order valence-corrected chi connectivity index (χ4v) is 8.63. The number of halogens is 1. The van der Waals surface area contributed by atoms with Crippen LogP contribution in [-0.4, -0.2) is 68.0 Å². The van der Waals surface area contributed by atoms with Crippen LogP contribution in [0.3, 0.4) is 0 Å². The number of rotatable bonds is 12. The van der Waals surface area contributed by atoms with Gasteiger partial charge in [0.05, 0.1) is 17.6 Å². The second kappa shape index (κ2) is 20.4. The van der Waals surface area contributed by atoms with Gasteiger partial charge in [-0.2, -0.15) is 16.2 Å². The predicted octanol–water partition coefficient (Wildman–Crippen LogP) is 10.9. The Balaban J connectivity index is 0.00000137. The standard InChI is InChI=1S/C45H50FN6O4.2C2H6.Pd/c1-7-10-31(11-8-2)55-43-48-40-34(42(49-43)51-24-30-20-29(51)25-52(30)44(54)56-45(4,5)6)21-33(28-17-18-28)39(41(40)53)38-32(36(46)22-37-35(38)23-47-50-37)19-16-27-14-12-26(9-3)13-15-27;2*1-2;/h3,12-15,21-23,28-31H,7-8,10-11,16-20,24-25H2,1-2,4-6H3,(H-,47,48,49,50,53);2*1-2H3;/q-1;;;. The van der Waals surface area contributed by atoms with E-state index in [4.69, 9.17) is 25.9 Å². The molecule has 1 amide bonds. The van der Waals surface area contributed by atoms with E-state index in [0.29, 0.717) is 70.2 Å². The molecule has 2 aromatic heterocycles. The molecule has 61 heavy (non-hydrogen) atoms. The third-order valence-corrected chi connectivity index (χ3v) is 11.4. The molecule has 0 spiro atoms. The zero-order chi connectivity index (χ0) is 43.3. The molecule has 5 aromatic rings. The second-order valence-corrected chi connectivity index (χ2v) is 16.7. The number of amides is 1. The van der Waals surface area contributed by atoms with Crippen LogP contribution in [0.25, 0.3) is 32.9 Å². The Bertz CT molecular complexity index is 2330. The van der Waals surface area contributed by atoms with Gasteiger partial charge in [-0.3, -0.25) is 0 Å². The molecule has 2 unspecified atom stereocenters. The van der Waals surface area contributed by atoms with Crippen molar-refractivity contribution >= 4 is 33.7 Å². The first-order valence-corrected chi connectivity index (χ1v) is 22.1. The Morgan fingerprint density at radius 1 is 0.984 bits per heavy atom. The maximum atomic E-state index is 16.4. The van der Waals surface area contributed by atoms with Crippen LogP contribution in [0.2, 0.25) is 0 Å². The largest absolute Gasteiger partial charge is 0.581 e. The Morgan fingerprint density at radius 3 is 2.26 bits per heavy atom. The van der Waals surface area contributed by atoms with E-state index < -0.39 is 11.4 Å². The fraction of sp³-hybridized carbons (Fsp3) is 0.510. The molecule has 3 fully saturated rings. The molecule has 10 nitrogen and oxygen atoms in total. The van der Waals surface area contributed by atoms with E-state index in [1.165, 1.54) is 6.07 Å². The average molecular weight is 924 g/mol. The number of aryl methyl sites for hydroxylation is 1. The van der Waals surface area contributed by atoms with E-state index in [2.05, 4.69) is 40.9 Å². The maximum Gasteiger partial charge on any atom is 0.410 e. The third kappa shape index (κ3) is 10.2. The number of hydrogen-bond acceptors (Lipinski definition) is 8. The van der Waals surface area contributed by atoms with Crippen LogP contribution < -0.4 is 14.7 Å². The number of carbonyl (C=O) groups excluding carboxylic acids is 1. The molecule has 0 radical (unpaired) electrons. The minimum Gasteiger partial charge on any atom is -0.581 e. The van der Waals surface area contributed by atoms with Gasteiger partial charge in [-0.15, -0.1) is 6.42 Å². The van der Waals surface area contributed by atoms with Gasteiger partial charge in [-0.25, -0.2) is 9.18 Å². The van der Waals surface area contributed by atoms with Crippen molar-refractivity contribution in [1.82, 2.24) is 25.1 Å². The van der Waals surface area contributed by atoms with Crippen molar-refractivity contribution < 1.29 is 44.2 Å². The molecule has 2 aliphatic heterocycles. The van der Waals surface area contributed by atoms with Crippen LogP contribution >= 0.6 is 0 Å². The van der Waals surface area contributed by atoms with Gasteiger partial charge in [0.15, 0.2) is 0 Å². The molecule has 2 saturated heterocycles. The SMILES string of the molecule is C#Cc1ccc(CCc2c(F)cc3n[n-]cc3c2-c2c(C3CC3)cc3c(N4CC5CC4CN5C(=O)OC(C)(C)C)nc(OC(CCC)CCC)nc3c2O)cc1.CC.CC.[Pd]. The molecule has 330 valence electrons. The number of benzene rings is 3. The Kier molecular flexibility index (Phi) is 15.9. The topological polar surface area (TPSA) is 115 Å². The summed E-state index contributed by atoms with van der Waals surface area (Å²) in [5.41, 5.74) is 4.57. The van der Waals surface area contributed by atoms with E-state index in [9.17, 15) is 9.90 Å². The molecule has 8 rings (SSSR count). The Hall–Kier alpha value is -4.71. The van der Waals surface area contributed by atoms with Crippen molar-refractivity contribution in [2.75, 3.05) is 18.0 Å². The second-order valence-electron chi connectivity index (χ2n) is 16.7. The summed E-state index contributed by atoms with van der Waals surface area (Å²) >= 11 is 0. The first kappa shape index (κ1) is 47.3. The maximum absolute atomic E-state index is 16.4. The molecular formula is C49H62FN6O4Pd-. The van der Waals surface area contributed by atoms with Gasteiger partial charge in [-0.05, 0) is 124 Å². The van der Waals surface area contributed by atoms with Crippen LogP contribution in [0.5, 0.6) is 11.8 Å². The molecule has 1 N–H and O–H groups in total. The minimum absolute atomic E-state index is 0. The van der Waals surface area contributed by atoms with E-state index >= 15 is 4.39 Å². The molecular weight excluding hydrogens is 862 g/mol. The Morgan fingerprint density at radius 2 is 1.67 bits per heavy atom. The van der Waals surface area contributed by atoms with Crippen molar-refractivity contribution in [3.63, 3.8) is 0 Å². The number of phenols is 1. The molecule has 2 atom stereocenters. The van der Waals surface area contributed by atoms with Crippen molar-refractivity contribution in [2.45, 2.75) is 150 Å². The van der Waals surface area contributed by atoms with E-state index in [1.54, 1.807) is 6.20 Å². The summed E-state index contributed by atoms with van der Waals surface area (Å²) in [5, 5.41) is 22.5. The quantitative estimate of drug-likeness (QED) is 0.0965. The number of anilines is 1. The summed E-state index contributed by atoms with van der Waals surface area (Å²) in [5.74, 6) is 3.06. The molecule has 12 heteroatoms. The number of piperazine rings is 1. The smallest absolute Gasteiger partial charge is 0.410 e. The van der Waals surface area contributed by atoms with Gasteiger partial charge in [0.25, 0.3) is 0 Å². The van der Waals surface area contributed by atoms with Crippen molar-refractivity contribution in [1.29, 1.82) is 0 Å². The van der Waals surface area contributed by atoms with Crippen molar-refractivity contribution in [3.8, 4) is 35.2 Å². The van der Waals surface area contributed by atoms with E-state index in [-0.39, 0.29) is 62.4 Å². The van der Waals surface area contributed by atoms with Crippen LogP contribution in [0.4, 0.5) is 15.0 Å². The summed E-state index contributed by atoms with van der Waals surface area (Å²) in [4.78, 5) is 27.3. The van der Waals surface area contributed by atoms with E-state index in [1.807, 2.05) is 77.6 Å². The van der Waals surface area contributed by atoms with Gasteiger partial charge in [0.2, 0.25) is 0 Å². The number of nitrogens with zero attached hydrogens (tertiary/aromatic N) is 6. The Labute approximate surface area is 375 Å². The molecule has 1 saturated carbocycles. The number of hydrogen-bond donors (Lipinski definition) is 1. The minimum atomic E-state index is -0.592. The number of likely N-dealkylation sites (tertiary alicyclic amines) is 1. The first-order chi connectivity index (χ1) is 29.0. The van der Waals surface area contributed by atoms with Crippen LogP contribution in [0, 0.1) is 18.2 Å². The number of terminal acetylenes is 1. The fourth-order valence-electron chi connectivity index (χ4n) is 8.63. The van der Waals surface area contributed by atoms with Crippen molar-refractivity contribution in [3.05, 3.63) is 70.7 Å². The number of aromatic nitrogens is 4. The molecule has 4 heterocycles. The third-order valence-electron chi connectivity index (χ3n) is 11.4. The van der Waals surface area contributed by atoms with Gasteiger partial charge >= 0.3 is 12.1 Å². The monoisotopic (exact) mass is 923 g/mol. The number of ether oxygens (including phenoxy) is 2. The number of aromatic hydroxyl groups is 1. The number of phenolic OH excluding ortho intramolecular Hbond substituents is 1. The summed E-state index contributed by atoms with van der Waals surface area (Å²) in [6.45, 7) is 19.0. The summed E-state index contributed by atoms with van der Waals surface area (Å²) in [6.07, 6.45) is 14.0. The predicted molar refractivity (Wildman–Crippen MR) is 238 cm³/mol. The van der Waals surface area contributed by atoms with Gasteiger partial charge in [0.1, 0.15) is 34.6 Å². The van der Waals surface area contributed by atoms with E-state index in [0.717, 1.165) is 61.6 Å². The molecule has 1 aliphatic carbocycles. The van der Waals surface area contributed by atoms with Crippen LogP contribution in [0.1, 0.15) is 135 Å². The number of carbonyl (C=O) groups is 1. The molecule has 3 aliphatic rings. The van der Waals surface area contributed by atoms with Gasteiger partial charge < -0.3 is 34.6 Å². The van der Waals surface area contributed by atoms with Gasteiger partial charge in [0, 0.05) is 50.0 Å². The summed E-state index contributed by atoms with van der Waals surface area (Å²) in [6, 6.07) is 11.4. The normalized spacial score (nSPS) is 16.8.